The maximum Gasteiger partial charge on any atom is 0.143 e. The minimum atomic E-state index is 0.442. The molecule has 0 atom stereocenters. The van der Waals surface area contributed by atoms with Crippen molar-refractivity contribution < 1.29 is 4.42 Å². The van der Waals surface area contributed by atoms with Gasteiger partial charge in [-0.15, -0.1) is 0 Å². The lowest BCUT2D eigenvalue weighted by atomic mass is 9.80. The zero-order valence-corrected chi connectivity index (χ0v) is 39.8. The summed E-state index contributed by atoms with van der Waals surface area (Å²) >= 11 is 0. The molecule has 0 bridgehead atoms. The third-order valence-corrected chi connectivity index (χ3v) is 15.7. The van der Waals surface area contributed by atoms with Gasteiger partial charge < -0.3 is 4.42 Å². The van der Waals surface area contributed by atoms with Gasteiger partial charge in [0.15, 0.2) is 0 Å². The molecule has 0 unspecified atom stereocenters. The van der Waals surface area contributed by atoms with Gasteiger partial charge in [-0.3, -0.25) is 0 Å². The number of para-hydroxylation sites is 2. The number of nitriles is 4. The van der Waals surface area contributed by atoms with Gasteiger partial charge in [0.05, 0.1) is 46.5 Å². The van der Waals surface area contributed by atoms with Crippen LogP contribution in [0.15, 0.2) is 211 Å². The van der Waals surface area contributed by atoms with E-state index in [1.54, 1.807) is 24.3 Å². The Bertz CT molecular complexity index is 4790. The molecular weight excluding hydrogens is 913 g/mol. The van der Waals surface area contributed by atoms with E-state index in [1.807, 2.05) is 36.4 Å². The maximum absolute atomic E-state index is 10.8. The Hall–Kier alpha value is -10.8. The Labute approximate surface area is 430 Å². The molecule has 75 heavy (non-hydrogen) atoms. The summed E-state index contributed by atoms with van der Waals surface area (Å²) in [4.78, 5) is 0. The average molecular weight is 947 g/mol. The van der Waals surface area contributed by atoms with Crippen molar-refractivity contribution in [3.8, 4) is 124 Å². The zero-order valence-electron chi connectivity index (χ0n) is 39.8. The van der Waals surface area contributed by atoms with Crippen LogP contribution in [0.1, 0.15) is 22.3 Å². The van der Waals surface area contributed by atoms with Gasteiger partial charge >= 0.3 is 0 Å². The first-order valence-corrected chi connectivity index (χ1v) is 24.8. The predicted molar refractivity (Wildman–Crippen MR) is 301 cm³/mol. The van der Waals surface area contributed by atoms with E-state index in [-0.39, 0.29) is 0 Å². The van der Waals surface area contributed by atoms with Crippen LogP contribution in [0.25, 0.3) is 154 Å². The summed E-state index contributed by atoms with van der Waals surface area (Å²) in [6.07, 6.45) is 0. The van der Waals surface area contributed by atoms with Crippen molar-refractivity contribution in [1.29, 1.82) is 21.0 Å². The number of fused-ring (bicyclic) bond motifs is 11. The normalized spacial score (nSPS) is 11.7. The van der Waals surface area contributed by atoms with E-state index < -0.39 is 0 Å². The van der Waals surface area contributed by atoms with Gasteiger partial charge in [0.25, 0.3) is 0 Å². The fourth-order valence-corrected chi connectivity index (χ4v) is 12.7. The molecule has 0 fully saturated rings. The van der Waals surface area contributed by atoms with E-state index in [0.717, 1.165) is 143 Å². The maximum atomic E-state index is 10.8. The second-order valence-electron chi connectivity index (χ2n) is 19.4. The van der Waals surface area contributed by atoms with Crippen molar-refractivity contribution in [3.63, 3.8) is 0 Å². The molecule has 12 aromatic carbocycles. The fraction of sp³-hybridized carbons (Fsp3) is 0. The van der Waals surface area contributed by atoms with Gasteiger partial charge in [-0.05, 0) is 164 Å². The monoisotopic (exact) mass is 946 g/mol. The van der Waals surface area contributed by atoms with Gasteiger partial charge in [-0.1, -0.05) is 158 Å². The van der Waals surface area contributed by atoms with Crippen LogP contribution in [-0.4, -0.2) is 0 Å². The Kier molecular flexibility index (Phi) is 8.85. The highest BCUT2D eigenvalue weighted by Crippen LogP contribution is 2.65. The van der Waals surface area contributed by atoms with Gasteiger partial charge in [0.2, 0.25) is 0 Å². The topological polar surface area (TPSA) is 108 Å². The Morgan fingerprint density at radius 3 is 1.24 bits per heavy atom. The second-order valence-corrected chi connectivity index (χ2v) is 19.4. The third-order valence-electron chi connectivity index (χ3n) is 15.7. The molecule has 0 spiro atoms. The summed E-state index contributed by atoms with van der Waals surface area (Å²) in [7, 11) is 0. The number of benzene rings is 12. The average Bonchev–Trinajstić information content (AvgIpc) is 4.17. The number of furan rings is 1. The summed E-state index contributed by atoms with van der Waals surface area (Å²) in [6.45, 7) is 0. The standard InChI is InChI=1S/C70H34N4O/c71-35-39-22-24-44(37-73)56(32-39)62-48-17-7-8-18-49(48)63(57-33-40(36-72)23-25-45(57)38-74)69-55-31-29-53-64-52(28-30-54(65(55)64)68(62)69)66-60(41-12-3-1-4-13-41)50-27-26-43(34-58(50)61(67(53)66)42-14-5-2-6-15-42)46-19-11-20-51-47-16-9-10-21-59(47)75-70(46)51/h1-34H. The van der Waals surface area contributed by atoms with E-state index >= 15 is 0 Å². The highest BCUT2D eigenvalue weighted by atomic mass is 16.3. The van der Waals surface area contributed by atoms with Gasteiger partial charge in [-0.2, -0.15) is 21.0 Å². The van der Waals surface area contributed by atoms with E-state index in [4.69, 9.17) is 4.42 Å². The van der Waals surface area contributed by atoms with Crippen molar-refractivity contribution in [2.75, 3.05) is 0 Å². The molecule has 2 aliphatic carbocycles. The summed E-state index contributed by atoms with van der Waals surface area (Å²) < 4.78 is 6.65. The first-order chi connectivity index (χ1) is 37.1. The van der Waals surface area contributed by atoms with Crippen molar-refractivity contribution in [2.45, 2.75) is 0 Å². The van der Waals surface area contributed by atoms with Crippen LogP contribution in [0.4, 0.5) is 0 Å². The molecule has 1 heterocycles. The number of rotatable bonds is 5. The Morgan fingerprint density at radius 1 is 0.267 bits per heavy atom. The minimum Gasteiger partial charge on any atom is -0.455 e. The molecule has 15 rings (SSSR count). The first kappa shape index (κ1) is 41.9. The van der Waals surface area contributed by atoms with Crippen LogP contribution in [-0.2, 0) is 0 Å². The Morgan fingerprint density at radius 2 is 0.720 bits per heavy atom. The van der Waals surface area contributed by atoms with E-state index in [0.29, 0.717) is 33.4 Å². The first-order valence-electron chi connectivity index (χ1n) is 24.8. The van der Waals surface area contributed by atoms with Crippen LogP contribution in [0.3, 0.4) is 0 Å². The summed E-state index contributed by atoms with van der Waals surface area (Å²) in [5.74, 6) is 0. The molecule has 5 nitrogen and oxygen atoms in total. The van der Waals surface area contributed by atoms with Gasteiger partial charge in [-0.25, -0.2) is 0 Å². The van der Waals surface area contributed by atoms with Crippen LogP contribution in [0, 0.1) is 45.3 Å². The van der Waals surface area contributed by atoms with Crippen molar-refractivity contribution in [2.24, 2.45) is 0 Å². The van der Waals surface area contributed by atoms with E-state index in [2.05, 4.69) is 170 Å². The van der Waals surface area contributed by atoms with E-state index in [9.17, 15) is 21.0 Å². The highest BCUT2D eigenvalue weighted by molar-refractivity contribution is 6.35. The van der Waals surface area contributed by atoms with Crippen LogP contribution in [0.2, 0.25) is 0 Å². The second kappa shape index (κ2) is 15.8. The molecule has 0 N–H and O–H groups in total. The van der Waals surface area contributed by atoms with Crippen LogP contribution < -0.4 is 0 Å². The molecule has 0 aliphatic heterocycles. The van der Waals surface area contributed by atoms with Crippen molar-refractivity contribution in [1.82, 2.24) is 0 Å². The summed E-state index contributed by atoms with van der Waals surface area (Å²) in [6, 6.07) is 80.2. The smallest absolute Gasteiger partial charge is 0.143 e. The molecule has 5 heteroatoms. The Balaban J connectivity index is 1.10. The molecule has 340 valence electrons. The highest BCUT2D eigenvalue weighted by Gasteiger charge is 2.38. The van der Waals surface area contributed by atoms with Crippen LogP contribution in [0.5, 0.6) is 0 Å². The fourth-order valence-electron chi connectivity index (χ4n) is 12.7. The lowest BCUT2D eigenvalue weighted by Crippen LogP contribution is -1.97. The minimum absolute atomic E-state index is 0.442. The summed E-state index contributed by atoms with van der Waals surface area (Å²) in [5, 5.41) is 50.6. The zero-order chi connectivity index (χ0) is 50.1. The van der Waals surface area contributed by atoms with Gasteiger partial charge in [0, 0.05) is 27.5 Å². The molecule has 1 aromatic heterocycles. The van der Waals surface area contributed by atoms with Gasteiger partial charge in [0.1, 0.15) is 11.2 Å². The number of hydrogen-bond acceptors (Lipinski definition) is 5. The van der Waals surface area contributed by atoms with Crippen LogP contribution >= 0.6 is 0 Å². The molecule has 13 aromatic rings. The number of hydrogen-bond donors (Lipinski definition) is 0. The molecular formula is C70H34N4O. The third kappa shape index (κ3) is 5.79. The molecule has 0 radical (unpaired) electrons. The molecule has 0 amide bonds. The lowest BCUT2D eigenvalue weighted by molar-refractivity contribution is 0.670. The summed E-state index contributed by atoms with van der Waals surface area (Å²) in [5.41, 5.74) is 21.4. The predicted octanol–water partition coefficient (Wildman–Crippen LogP) is 18.2. The molecule has 2 aliphatic rings. The van der Waals surface area contributed by atoms with Crippen molar-refractivity contribution >= 4 is 54.3 Å². The lowest BCUT2D eigenvalue weighted by Gasteiger charge is -2.22. The largest absolute Gasteiger partial charge is 0.455 e. The quantitative estimate of drug-likeness (QED) is 0.171. The molecule has 0 saturated heterocycles. The SMILES string of the molecule is N#Cc1ccc(C#N)c(-c2c3c(c(-c4cc(C#N)ccc4C#N)c4ccccc24)-c2ccc4c5c(ccc-3c25)-c2c-4c(-c3ccccc3)c3cc(-c4cccc5c4oc4ccccc45)ccc3c2-c2ccccc2)c1. The number of nitrogens with zero attached hydrogens (tertiary/aromatic N) is 4. The molecule has 0 saturated carbocycles. The van der Waals surface area contributed by atoms with E-state index in [1.165, 1.54) is 0 Å². The van der Waals surface area contributed by atoms with Crippen molar-refractivity contribution in [3.05, 3.63) is 229 Å².